The molecule has 104 valence electrons. The van der Waals surface area contributed by atoms with Gasteiger partial charge in [0.25, 0.3) is 5.91 Å². The lowest BCUT2D eigenvalue weighted by Crippen LogP contribution is -2.29. The third kappa shape index (κ3) is 1.81. The van der Waals surface area contributed by atoms with Crippen LogP contribution in [0.15, 0.2) is 48.5 Å². The van der Waals surface area contributed by atoms with Crippen LogP contribution in [0.4, 0.5) is 5.69 Å². The zero-order valence-electron chi connectivity index (χ0n) is 11.6. The fraction of sp³-hybridized carbons (Fsp3) is 0.222. The molecule has 0 spiro atoms. The number of carbonyl (C=O) groups excluding carboxylic acids is 2. The fourth-order valence-electron chi connectivity index (χ4n) is 3.48. The molecule has 21 heavy (non-hydrogen) atoms. The van der Waals surface area contributed by atoms with Gasteiger partial charge < -0.3 is 4.90 Å². The van der Waals surface area contributed by atoms with Gasteiger partial charge in [-0.15, -0.1) is 0 Å². The van der Waals surface area contributed by atoms with Crippen molar-refractivity contribution in [3.63, 3.8) is 0 Å². The molecule has 0 fully saturated rings. The van der Waals surface area contributed by atoms with Crippen LogP contribution in [0.5, 0.6) is 0 Å². The number of nitrogens with zero attached hydrogens (tertiary/aromatic N) is 1. The monoisotopic (exact) mass is 277 g/mol. The molecule has 0 saturated heterocycles. The lowest BCUT2D eigenvalue weighted by atomic mass is 9.83. The summed E-state index contributed by atoms with van der Waals surface area (Å²) in [7, 11) is 0. The number of amides is 1. The Hall–Kier alpha value is -2.42. The zero-order chi connectivity index (χ0) is 14.4. The average molecular weight is 277 g/mol. The Morgan fingerprint density at radius 3 is 2.67 bits per heavy atom. The van der Waals surface area contributed by atoms with Crippen molar-refractivity contribution in [1.29, 1.82) is 0 Å². The van der Waals surface area contributed by atoms with E-state index in [0.717, 1.165) is 23.2 Å². The van der Waals surface area contributed by atoms with Crippen molar-refractivity contribution >= 4 is 17.4 Å². The van der Waals surface area contributed by atoms with Gasteiger partial charge in [0.15, 0.2) is 5.78 Å². The summed E-state index contributed by atoms with van der Waals surface area (Å²) in [6.45, 7) is 0.688. The molecule has 0 aromatic heterocycles. The van der Waals surface area contributed by atoms with Crippen LogP contribution in [-0.4, -0.2) is 18.2 Å². The molecule has 0 radical (unpaired) electrons. The second-order valence-electron chi connectivity index (χ2n) is 5.68. The molecule has 4 rings (SSSR count). The van der Waals surface area contributed by atoms with Crippen molar-refractivity contribution in [3.8, 4) is 0 Å². The normalized spacial score (nSPS) is 19.5. The van der Waals surface area contributed by atoms with E-state index < -0.39 is 0 Å². The van der Waals surface area contributed by atoms with E-state index in [1.807, 2.05) is 53.4 Å². The van der Waals surface area contributed by atoms with Gasteiger partial charge in [-0.25, -0.2) is 0 Å². The summed E-state index contributed by atoms with van der Waals surface area (Å²) in [5, 5.41) is 0. The first-order chi connectivity index (χ1) is 10.3. The number of hydrogen-bond donors (Lipinski definition) is 0. The Balaban J connectivity index is 1.79. The predicted molar refractivity (Wildman–Crippen MR) is 80.9 cm³/mol. The Morgan fingerprint density at radius 2 is 1.86 bits per heavy atom. The molecule has 1 heterocycles. The highest BCUT2D eigenvalue weighted by Gasteiger charge is 2.38. The van der Waals surface area contributed by atoms with Gasteiger partial charge in [-0.1, -0.05) is 30.3 Å². The molecule has 1 aliphatic heterocycles. The van der Waals surface area contributed by atoms with Crippen molar-refractivity contribution in [2.45, 2.75) is 18.8 Å². The van der Waals surface area contributed by atoms with Gasteiger partial charge >= 0.3 is 0 Å². The smallest absolute Gasteiger partial charge is 0.258 e. The molecular formula is C18H15NO2. The molecule has 0 N–H and O–H groups in total. The number of anilines is 1. The van der Waals surface area contributed by atoms with E-state index >= 15 is 0 Å². The van der Waals surface area contributed by atoms with Gasteiger partial charge in [-0.05, 0) is 30.2 Å². The predicted octanol–water partition coefficient (Wildman–Crippen LogP) is 3.41. The minimum atomic E-state index is 0.0193. The molecule has 0 bridgehead atoms. The van der Waals surface area contributed by atoms with Crippen LogP contribution >= 0.6 is 0 Å². The van der Waals surface area contributed by atoms with Gasteiger partial charge in [0, 0.05) is 35.7 Å². The lowest BCUT2D eigenvalue weighted by Gasteiger charge is -2.18. The van der Waals surface area contributed by atoms with Crippen molar-refractivity contribution in [2.24, 2.45) is 0 Å². The first kappa shape index (κ1) is 12.3. The first-order valence-electron chi connectivity index (χ1n) is 7.29. The van der Waals surface area contributed by atoms with Crippen LogP contribution in [0.25, 0.3) is 0 Å². The van der Waals surface area contributed by atoms with Crippen LogP contribution in [0, 0.1) is 0 Å². The van der Waals surface area contributed by atoms with Gasteiger partial charge in [0.1, 0.15) is 0 Å². The summed E-state index contributed by atoms with van der Waals surface area (Å²) in [4.78, 5) is 26.6. The molecule has 1 aliphatic carbocycles. The van der Waals surface area contributed by atoms with Crippen LogP contribution in [0.2, 0.25) is 0 Å². The van der Waals surface area contributed by atoms with Crippen molar-refractivity contribution in [2.75, 3.05) is 11.4 Å². The molecule has 0 saturated carbocycles. The molecule has 3 nitrogen and oxygen atoms in total. The number of carbonyl (C=O) groups is 2. The largest absolute Gasteiger partial charge is 0.307 e. The zero-order valence-corrected chi connectivity index (χ0v) is 11.6. The van der Waals surface area contributed by atoms with Crippen molar-refractivity contribution in [3.05, 3.63) is 65.2 Å². The highest BCUT2D eigenvalue weighted by Crippen LogP contribution is 2.44. The van der Waals surface area contributed by atoms with E-state index in [-0.39, 0.29) is 11.7 Å². The van der Waals surface area contributed by atoms with Crippen molar-refractivity contribution < 1.29 is 9.59 Å². The van der Waals surface area contributed by atoms with E-state index in [1.165, 1.54) is 0 Å². The molecule has 1 atom stereocenters. The second-order valence-corrected chi connectivity index (χ2v) is 5.68. The van der Waals surface area contributed by atoms with Gasteiger partial charge in [-0.3, -0.25) is 9.59 Å². The maximum Gasteiger partial charge on any atom is 0.258 e. The Morgan fingerprint density at radius 1 is 1.05 bits per heavy atom. The molecule has 2 aliphatic rings. The molecule has 0 unspecified atom stereocenters. The van der Waals surface area contributed by atoms with Gasteiger partial charge in [0.2, 0.25) is 0 Å². The standard InChI is InChI=1S/C18H15NO2/c20-16-10-9-13-11-19(15-8-4-7-14(16)17(13)15)18(21)12-5-2-1-3-6-12/h1-8,13H,9-11H2/t13-/m0/s1. The summed E-state index contributed by atoms with van der Waals surface area (Å²) in [5.74, 6) is 0.532. The fourth-order valence-corrected chi connectivity index (χ4v) is 3.48. The van der Waals surface area contributed by atoms with E-state index in [1.54, 1.807) is 0 Å². The van der Waals surface area contributed by atoms with E-state index in [9.17, 15) is 9.59 Å². The molecular weight excluding hydrogens is 262 g/mol. The second kappa shape index (κ2) is 4.55. The van der Waals surface area contributed by atoms with Crippen molar-refractivity contribution in [1.82, 2.24) is 0 Å². The Labute approximate surface area is 123 Å². The average Bonchev–Trinajstić information content (AvgIpc) is 2.91. The van der Waals surface area contributed by atoms with E-state index in [4.69, 9.17) is 0 Å². The first-order valence-corrected chi connectivity index (χ1v) is 7.29. The highest BCUT2D eigenvalue weighted by atomic mass is 16.2. The summed E-state index contributed by atoms with van der Waals surface area (Å²) in [6.07, 6.45) is 1.44. The van der Waals surface area contributed by atoms with Crippen LogP contribution in [0.1, 0.15) is 45.0 Å². The lowest BCUT2D eigenvalue weighted by molar-refractivity contribution is 0.0968. The van der Waals surface area contributed by atoms with Crippen LogP contribution < -0.4 is 4.90 Å². The molecule has 1 amide bonds. The Kier molecular flexibility index (Phi) is 2.67. The number of rotatable bonds is 1. The Bertz CT molecular complexity index is 736. The minimum absolute atomic E-state index is 0.0193. The van der Waals surface area contributed by atoms with Gasteiger partial charge in [-0.2, -0.15) is 0 Å². The third-order valence-corrected chi connectivity index (χ3v) is 4.47. The van der Waals surface area contributed by atoms with Gasteiger partial charge in [0.05, 0.1) is 0 Å². The SMILES string of the molecule is O=C1CC[C@H]2CN(C(=O)c3ccccc3)c3cccc1c32. The number of benzene rings is 2. The van der Waals surface area contributed by atoms with E-state index in [0.29, 0.717) is 24.4 Å². The van der Waals surface area contributed by atoms with Crippen LogP contribution in [-0.2, 0) is 0 Å². The quantitative estimate of drug-likeness (QED) is 0.801. The molecule has 2 aromatic carbocycles. The minimum Gasteiger partial charge on any atom is -0.307 e. The maximum atomic E-state index is 12.7. The number of Topliss-reactive ketones (excluding diaryl/α,β-unsaturated/α-hetero) is 1. The highest BCUT2D eigenvalue weighted by molar-refractivity contribution is 6.10. The summed E-state index contributed by atoms with van der Waals surface area (Å²) >= 11 is 0. The summed E-state index contributed by atoms with van der Waals surface area (Å²) in [5.41, 5.74) is 3.50. The number of hydrogen-bond acceptors (Lipinski definition) is 2. The summed E-state index contributed by atoms with van der Waals surface area (Å²) in [6, 6.07) is 15.1. The number of ketones is 1. The van der Waals surface area contributed by atoms with Crippen LogP contribution in [0.3, 0.4) is 0 Å². The molecule has 3 heteroatoms. The van der Waals surface area contributed by atoms with E-state index in [2.05, 4.69) is 0 Å². The molecule has 2 aromatic rings. The topological polar surface area (TPSA) is 37.4 Å². The maximum absolute atomic E-state index is 12.7. The third-order valence-electron chi connectivity index (χ3n) is 4.47. The summed E-state index contributed by atoms with van der Waals surface area (Å²) < 4.78 is 0.